The summed E-state index contributed by atoms with van der Waals surface area (Å²) in [5.74, 6) is 0. The lowest BCUT2D eigenvalue weighted by atomic mass is 10.3. The van der Waals surface area contributed by atoms with Crippen molar-refractivity contribution in [1.82, 2.24) is 15.5 Å². The standard InChI is InChI=1S/C13H31N3O4/c1-16(10-2-6-14-8-4-12(17)18)11-3-7-15-9-5-13(19)20/h12-15,17-20H,2-11H2,1H3. The quantitative estimate of drug-likeness (QED) is 0.167. The molecule has 0 amide bonds. The molecule has 0 aliphatic rings. The van der Waals surface area contributed by atoms with Crippen molar-refractivity contribution in [2.75, 3.05) is 46.3 Å². The van der Waals surface area contributed by atoms with Crippen LogP contribution in [-0.2, 0) is 0 Å². The lowest BCUT2D eigenvalue weighted by molar-refractivity contribution is -0.0450. The minimum Gasteiger partial charge on any atom is -0.368 e. The average molecular weight is 293 g/mol. The van der Waals surface area contributed by atoms with Gasteiger partial charge in [0.25, 0.3) is 0 Å². The van der Waals surface area contributed by atoms with Gasteiger partial charge in [0.1, 0.15) is 0 Å². The Kier molecular flexibility index (Phi) is 13.5. The fourth-order valence-corrected chi connectivity index (χ4v) is 1.77. The van der Waals surface area contributed by atoms with Gasteiger partial charge in [-0.05, 0) is 59.2 Å². The molecule has 122 valence electrons. The Morgan fingerprint density at radius 3 is 1.50 bits per heavy atom. The third-order valence-electron chi connectivity index (χ3n) is 2.95. The van der Waals surface area contributed by atoms with Crippen LogP contribution >= 0.6 is 0 Å². The molecule has 0 heterocycles. The van der Waals surface area contributed by atoms with Crippen LogP contribution in [0.25, 0.3) is 0 Å². The van der Waals surface area contributed by atoms with Crippen LogP contribution in [0.2, 0.25) is 0 Å². The summed E-state index contributed by atoms with van der Waals surface area (Å²) in [4.78, 5) is 2.26. The van der Waals surface area contributed by atoms with Gasteiger partial charge < -0.3 is 36.0 Å². The Morgan fingerprint density at radius 2 is 1.15 bits per heavy atom. The molecule has 0 radical (unpaired) electrons. The lowest BCUT2D eigenvalue weighted by Gasteiger charge is -2.17. The molecule has 0 fully saturated rings. The smallest absolute Gasteiger partial charge is 0.152 e. The van der Waals surface area contributed by atoms with Gasteiger partial charge in [0.05, 0.1) is 0 Å². The van der Waals surface area contributed by atoms with E-state index < -0.39 is 12.6 Å². The molecule has 0 spiro atoms. The molecule has 0 aliphatic carbocycles. The summed E-state index contributed by atoms with van der Waals surface area (Å²) < 4.78 is 0. The molecule has 0 saturated carbocycles. The van der Waals surface area contributed by atoms with E-state index in [1.165, 1.54) is 0 Å². The summed E-state index contributed by atoms with van der Waals surface area (Å²) in [6.07, 6.45) is 0.354. The first-order valence-corrected chi connectivity index (χ1v) is 7.34. The highest BCUT2D eigenvalue weighted by molar-refractivity contribution is 4.57. The first-order chi connectivity index (χ1) is 9.52. The van der Waals surface area contributed by atoms with Gasteiger partial charge in [-0.1, -0.05) is 0 Å². The minimum atomic E-state index is -1.22. The molecule has 7 nitrogen and oxygen atoms in total. The maximum Gasteiger partial charge on any atom is 0.152 e. The maximum absolute atomic E-state index is 8.66. The van der Waals surface area contributed by atoms with E-state index in [9.17, 15) is 0 Å². The largest absolute Gasteiger partial charge is 0.368 e. The highest BCUT2D eigenvalue weighted by atomic mass is 16.5. The second kappa shape index (κ2) is 13.7. The molecule has 0 aromatic heterocycles. The Balaban J connectivity index is 3.18. The molecule has 20 heavy (non-hydrogen) atoms. The van der Waals surface area contributed by atoms with Crippen LogP contribution < -0.4 is 10.6 Å². The SMILES string of the molecule is CN(CCCNCCC(O)O)CCCNCCC(O)O. The molecule has 6 N–H and O–H groups in total. The summed E-state index contributed by atoms with van der Waals surface area (Å²) in [6, 6.07) is 0. The number of nitrogens with zero attached hydrogens (tertiary/aromatic N) is 1. The van der Waals surface area contributed by atoms with E-state index in [1.54, 1.807) is 0 Å². The highest BCUT2D eigenvalue weighted by Gasteiger charge is 2.00. The molecule has 7 heteroatoms. The topological polar surface area (TPSA) is 108 Å². The normalized spacial score (nSPS) is 12.0. The molecule has 0 aromatic rings. The lowest BCUT2D eigenvalue weighted by Crippen LogP contribution is -2.28. The van der Waals surface area contributed by atoms with Gasteiger partial charge in [-0.3, -0.25) is 0 Å². The number of rotatable bonds is 14. The van der Waals surface area contributed by atoms with E-state index in [0.29, 0.717) is 25.9 Å². The van der Waals surface area contributed by atoms with Crippen molar-refractivity contribution in [2.24, 2.45) is 0 Å². The Labute approximate surface area is 121 Å². The number of hydrogen-bond donors (Lipinski definition) is 6. The van der Waals surface area contributed by atoms with E-state index in [4.69, 9.17) is 20.4 Å². The first kappa shape index (κ1) is 19.7. The molecule has 0 atom stereocenters. The predicted octanol–water partition coefficient (Wildman–Crippen LogP) is -1.72. The number of aliphatic hydroxyl groups excluding tert-OH is 2. The van der Waals surface area contributed by atoms with Crippen molar-refractivity contribution >= 4 is 0 Å². The van der Waals surface area contributed by atoms with Crippen LogP contribution in [0.4, 0.5) is 0 Å². The molecule has 0 bridgehead atoms. The van der Waals surface area contributed by atoms with E-state index in [2.05, 4.69) is 22.6 Å². The van der Waals surface area contributed by atoms with Crippen molar-refractivity contribution in [2.45, 2.75) is 38.3 Å². The van der Waals surface area contributed by atoms with Crippen LogP contribution in [0.3, 0.4) is 0 Å². The van der Waals surface area contributed by atoms with Crippen molar-refractivity contribution in [3.63, 3.8) is 0 Å². The fraction of sp³-hybridized carbons (Fsp3) is 1.00. The van der Waals surface area contributed by atoms with Crippen LogP contribution in [0.15, 0.2) is 0 Å². The molecule has 0 saturated heterocycles. The molecular weight excluding hydrogens is 262 g/mol. The van der Waals surface area contributed by atoms with Gasteiger partial charge in [-0.25, -0.2) is 0 Å². The Hall–Kier alpha value is -0.280. The molecule has 0 aliphatic heterocycles. The molecule has 0 aromatic carbocycles. The second-order valence-corrected chi connectivity index (χ2v) is 5.05. The number of nitrogens with one attached hydrogen (secondary N) is 2. The monoisotopic (exact) mass is 293 g/mol. The van der Waals surface area contributed by atoms with Gasteiger partial charge in [0, 0.05) is 12.8 Å². The number of aliphatic hydroxyl groups is 4. The Morgan fingerprint density at radius 1 is 0.750 bits per heavy atom. The zero-order valence-electron chi connectivity index (χ0n) is 12.5. The van der Waals surface area contributed by atoms with E-state index >= 15 is 0 Å². The second-order valence-electron chi connectivity index (χ2n) is 5.05. The third-order valence-corrected chi connectivity index (χ3v) is 2.95. The summed E-state index contributed by atoms with van der Waals surface area (Å²) in [5, 5.41) is 41.0. The molecule has 0 unspecified atom stereocenters. The van der Waals surface area contributed by atoms with E-state index in [-0.39, 0.29) is 0 Å². The average Bonchev–Trinajstić information content (AvgIpc) is 2.37. The summed E-state index contributed by atoms with van der Waals surface area (Å²) in [6.45, 7) is 5.02. The maximum atomic E-state index is 8.66. The minimum absolute atomic E-state index is 0.365. The summed E-state index contributed by atoms with van der Waals surface area (Å²) >= 11 is 0. The van der Waals surface area contributed by atoms with Crippen molar-refractivity contribution < 1.29 is 20.4 Å². The van der Waals surface area contributed by atoms with E-state index in [0.717, 1.165) is 39.0 Å². The van der Waals surface area contributed by atoms with Crippen molar-refractivity contribution in [1.29, 1.82) is 0 Å². The van der Waals surface area contributed by atoms with E-state index in [1.807, 2.05) is 0 Å². The van der Waals surface area contributed by atoms with Crippen molar-refractivity contribution in [3.8, 4) is 0 Å². The van der Waals surface area contributed by atoms with Crippen LogP contribution in [0, 0.1) is 0 Å². The van der Waals surface area contributed by atoms with Crippen LogP contribution in [0.1, 0.15) is 25.7 Å². The van der Waals surface area contributed by atoms with Gasteiger partial charge in [-0.15, -0.1) is 0 Å². The first-order valence-electron chi connectivity index (χ1n) is 7.34. The van der Waals surface area contributed by atoms with Gasteiger partial charge in [-0.2, -0.15) is 0 Å². The van der Waals surface area contributed by atoms with Crippen LogP contribution in [-0.4, -0.2) is 84.2 Å². The summed E-state index contributed by atoms with van der Waals surface area (Å²) in [7, 11) is 2.08. The van der Waals surface area contributed by atoms with Crippen molar-refractivity contribution in [3.05, 3.63) is 0 Å². The van der Waals surface area contributed by atoms with Gasteiger partial charge in [0.2, 0.25) is 0 Å². The van der Waals surface area contributed by atoms with Gasteiger partial charge >= 0.3 is 0 Å². The zero-order chi connectivity index (χ0) is 15.2. The van der Waals surface area contributed by atoms with Gasteiger partial charge in [0.15, 0.2) is 12.6 Å². The fourth-order valence-electron chi connectivity index (χ4n) is 1.77. The highest BCUT2D eigenvalue weighted by Crippen LogP contribution is 1.90. The Bertz CT molecular complexity index is 186. The molecular formula is C13H31N3O4. The summed E-state index contributed by atoms with van der Waals surface area (Å²) in [5.41, 5.74) is 0. The predicted molar refractivity (Wildman–Crippen MR) is 78.2 cm³/mol. The molecule has 0 rings (SSSR count). The number of hydrogen-bond acceptors (Lipinski definition) is 7. The third kappa shape index (κ3) is 15.8. The zero-order valence-corrected chi connectivity index (χ0v) is 12.5. The van der Waals surface area contributed by atoms with Crippen LogP contribution in [0.5, 0.6) is 0 Å².